The summed E-state index contributed by atoms with van der Waals surface area (Å²) < 4.78 is 69.1. The van der Waals surface area contributed by atoms with Crippen molar-refractivity contribution in [2.45, 2.75) is 52.1 Å². The van der Waals surface area contributed by atoms with Crippen LogP contribution in [-0.2, 0) is 6.61 Å². The van der Waals surface area contributed by atoms with Gasteiger partial charge in [-0.25, -0.2) is 13.2 Å². The molecule has 1 saturated carbocycles. The number of ether oxygens (including phenoxy) is 2. The molecule has 0 heterocycles. The molecule has 1 aliphatic carbocycles. The number of hydrogen-bond acceptors (Lipinski definition) is 2. The van der Waals surface area contributed by atoms with Crippen molar-refractivity contribution in [2.24, 2.45) is 5.92 Å². The van der Waals surface area contributed by atoms with Crippen LogP contribution in [0.25, 0.3) is 11.1 Å². The molecule has 0 unspecified atom stereocenters. The van der Waals surface area contributed by atoms with Crippen molar-refractivity contribution in [3.05, 3.63) is 95.1 Å². The zero-order valence-corrected chi connectivity index (χ0v) is 20.5. The number of halogens is 4. The number of benzene rings is 3. The molecule has 0 saturated heterocycles. The van der Waals surface area contributed by atoms with Crippen LogP contribution in [0, 0.1) is 29.2 Å². The van der Waals surface area contributed by atoms with Crippen molar-refractivity contribution in [3.8, 4) is 22.6 Å². The Morgan fingerprint density at radius 2 is 1.50 bits per heavy atom. The molecule has 0 aliphatic heterocycles. The normalized spacial score (nSPS) is 17.9. The van der Waals surface area contributed by atoms with Gasteiger partial charge >= 0.3 is 0 Å². The zero-order chi connectivity index (χ0) is 25.7. The molecule has 0 atom stereocenters. The fourth-order valence-corrected chi connectivity index (χ4v) is 4.84. The van der Waals surface area contributed by atoms with Crippen molar-refractivity contribution in [3.63, 3.8) is 0 Å². The molecular formula is C30H30F4O2. The van der Waals surface area contributed by atoms with E-state index in [-0.39, 0.29) is 36.0 Å². The number of hydrogen-bond donors (Lipinski definition) is 0. The average Bonchev–Trinajstić information content (AvgIpc) is 2.89. The van der Waals surface area contributed by atoms with Crippen LogP contribution < -0.4 is 9.47 Å². The fourth-order valence-electron chi connectivity index (χ4n) is 4.84. The molecule has 6 heteroatoms. The molecule has 0 aromatic heterocycles. The fraction of sp³-hybridized carbons (Fsp3) is 0.333. The van der Waals surface area contributed by atoms with E-state index in [1.165, 1.54) is 12.1 Å². The lowest BCUT2D eigenvalue weighted by Gasteiger charge is -2.27. The molecule has 3 aromatic carbocycles. The summed E-state index contributed by atoms with van der Waals surface area (Å²) in [6, 6.07) is 12.4. The molecule has 1 aliphatic rings. The lowest BCUT2D eigenvalue weighted by Crippen LogP contribution is -2.14. The lowest BCUT2D eigenvalue weighted by molar-refractivity contribution is 0.296. The van der Waals surface area contributed by atoms with Gasteiger partial charge in [-0.1, -0.05) is 36.4 Å². The van der Waals surface area contributed by atoms with Crippen LogP contribution in [0.4, 0.5) is 17.6 Å². The highest BCUT2D eigenvalue weighted by Crippen LogP contribution is 2.38. The van der Waals surface area contributed by atoms with E-state index in [0.717, 1.165) is 25.7 Å². The molecule has 3 aromatic rings. The van der Waals surface area contributed by atoms with Gasteiger partial charge < -0.3 is 9.47 Å². The number of allylic oxidation sites excluding steroid dienone is 2. The molecule has 1 fully saturated rings. The first-order chi connectivity index (χ1) is 17.4. The lowest BCUT2D eigenvalue weighted by atomic mass is 9.78. The molecule has 190 valence electrons. The van der Waals surface area contributed by atoms with Gasteiger partial charge in [0.05, 0.1) is 6.61 Å². The summed E-state index contributed by atoms with van der Waals surface area (Å²) in [5.74, 6) is -2.92. The maximum absolute atomic E-state index is 14.9. The quantitative estimate of drug-likeness (QED) is 0.228. The maximum Gasteiger partial charge on any atom is 0.201 e. The summed E-state index contributed by atoms with van der Waals surface area (Å²) in [6.07, 6.45) is 7.87. The topological polar surface area (TPSA) is 18.5 Å². The van der Waals surface area contributed by atoms with Gasteiger partial charge in [-0.3, -0.25) is 0 Å². The highest BCUT2D eigenvalue weighted by molar-refractivity contribution is 5.66. The summed E-state index contributed by atoms with van der Waals surface area (Å²) in [5.41, 5.74) is 1.10. The van der Waals surface area contributed by atoms with Crippen molar-refractivity contribution < 1.29 is 27.0 Å². The minimum atomic E-state index is -1.04. The van der Waals surface area contributed by atoms with Crippen molar-refractivity contribution in [1.29, 1.82) is 0 Å². The van der Waals surface area contributed by atoms with Gasteiger partial charge in [0.2, 0.25) is 5.82 Å². The molecule has 0 amide bonds. The highest BCUT2D eigenvalue weighted by atomic mass is 19.2. The number of rotatable bonds is 8. The van der Waals surface area contributed by atoms with E-state index >= 15 is 0 Å². The largest absolute Gasteiger partial charge is 0.491 e. The molecular weight excluding hydrogens is 468 g/mol. The summed E-state index contributed by atoms with van der Waals surface area (Å²) >= 11 is 0. The second-order valence-electron chi connectivity index (χ2n) is 9.06. The van der Waals surface area contributed by atoms with Crippen molar-refractivity contribution in [1.82, 2.24) is 0 Å². The summed E-state index contributed by atoms with van der Waals surface area (Å²) in [6.45, 7) is 3.77. The summed E-state index contributed by atoms with van der Waals surface area (Å²) in [4.78, 5) is 0. The van der Waals surface area contributed by atoms with Gasteiger partial charge in [0, 0.05) is 11.1 Å². The van der Waals surface area contributed by atoms with Crippen LogP contribution in [0.2, 0.25) is 0 Å². The Hall–Kier alpha value is -3.28. The SMILES string of the molecule is C/C=C/C1CCC(c2ccc(COc3ccc(-c4ccc(OCC)c(F)c4F)cc3)c(F)c2F)CC1. The third-order valence-corrected chi connectivity index (χ3v) is 6.77. The van der Waals surface area contributed by atoms with E-state index in [4.69, 9.17) is 9.47 Å². The summed E-state index contributed by atoms with van der Waals surface area (Å²) in [5, 5.41) is 0. The molecule has 36 heavy (non-hydrogen) atoms. The Kier molecular flexibility index (Phi) is 8.34. The van der Waals surface area contributed by atoms with E-state index < -0.39 is 23.3 Å². The van der Waals surface area contributed by atoms with E-state index in [0.29, 0.717) is 22.8 Å². The van der Waals surface area contributed by atoms with E-state index in [9.17, 15) is 17.6 Å². The predicted molar refractivity (Wildman–Crippen MR) is 133 cm³/mol. The van der Waals surface area contributed by atoms with Crippen molar-refractivity contribution in [2.75, 3.05) is 6.61 Å². The van der Waals surface area contributed by atoms with E-state index in [1.807, 2.05) is 13.0 Å². The first kappa shape index (κ1) is 25.8. The molecule has 0 bridgehead atoms. The Balaban J connectivity index is 1.41. The van der Waals surface area contributed by atoms with Gasteiger partial charge in [0.1, 0.15) is 12.4 Å². The minimum absolute atomic E-state index is 0.0244. The smallest absolute Gasteiger partial charge is 0.201 e. The van der Waals surface area contributed by atoms with Crippen LogP contribution in [0.1, 0.15) is 56.6 Å². The maximum atomic E-state index is 14.9. The van der Waals surface area contributed by atoms with E-state index in [1.54, 1.807) is 43.3 Å². The monoisotopic (exact) mass is 498 g/mol. The van der Waals surface area contributed by atoms with Gasteiger partial charge in [-0.15, -0.1) is 0 Å². The predicted octanol–water partition coefficient (Wildman–Crippen LogP) is 8.74. The van der Waals surface area contributed by atoms with Crippen LogP contribution in [0.3, 0.4) is 0 Å². The molecule has 0 N–H and O–H groups in total. The minimum Gasteiger partial charge on any atom is -0.491 e. The Morgan fingerprint density at radius 3 is 2.17 bits per heavy atom. The Labute approximate surface area is 209 Å². The third kappa shape index (κ3) is 5.58. The Morgan fingerprint density at radius 1 is 0.778 bits per heavy atom. The van der Waals surface area contributed by atoms with Gasteiger partial charge in [0.25, 0.3) is 0 Å². The first-order valence-corrected chi connectivity index (χ1v) is 12.4. The second-order valence-corrected chi connectivity index (χ2v) is 9.06. The average molecular weight is 499 g/mol. The van der Waals surface area contributed by atoms with Gasteiger partial charge in [0.15, 0.2) is 23.2 Å². The first-order valence-electron chi connectivity index (χ1n) is 12.4. The third-order valence-electron chi connectivity index (χ3n) is 6.77. The van der Waals surface area contributed by atoms with Gasteiger partial charge in [-0.05, 0) is 86.8 Å². The molecule has 2 nitrogen and oxygen atoms in total. The zero-order valence-electron chi connectivity index (χ0n) is 20.5. The van der Waals surface area contributed by atoms with Crippen LogP contribution in [-0.4, -0.2) is 6.61 Å². The van der Waals surface area contributed by atoms with Crippen LogP contribution in [0.15, 0.2) is 60.7 Å². The van der Waals surface area contributed by atoms with Crippen molar-refractivity contribution >= 4 is 0 Å². The molecule has 4 rings (SSSR count). The van der Waals surface area contributed by atoms with Crippen LogP contribution in [0.5, 0.6) is 11.5 Å². The Bertz CT molecular complexity index is 1210. The second kappa shape index (κ2) is 11.6. The van der Waals surface area contributed by atoms with E-state index in [2.05, 4.69) is 6.08 Å². The molecule has 0 spiro atoms. The van der Waals surface area contributed by atoms with Gasteiger partial charge in [-0.2, -0.15) is 4.39 Å². The highest BCUT2D eigenvalue weighted by Gasteiger charge is 2.25. The van der Waals surface area contributed by atoms with Crippen LogP contribution >= 0.6 is 0 Å². The summed E-state index contributed by atoms with van der Waals surface area (Å²) in [7, 11) is 0. The molecule has 0 radical (unpaired) electrons. The standard InChI is InChI=1S/C30H30F4O2/c1-3-5-19-6-8-20(9-7-19)24-15-12-22(27(31)28(24)32)18-36-23-13-10-21(11-14-23)25-16-17-26(35-4-2)30(34)29(25)33/h3,5,10-17,19-20H,4,6-9,18H2,1-2H3/b5-3+.